The number of hydrogen-bond acceptors (Lipinski definition) is 6. The lowest BCUT2D eigenvalue weighted by atomic mass is 10.0. The van der Waals surface area contributed by atoms with E-state index in [0.29, 0.717) is 11.3 Å². The summed E-state index contributed by atoms with van der Waals surface area (Å²) in [6.07, 6.45) is 1.16. The predicted octanol–water partition coefficient (Wildman–Crippen LogP) is 4.16. The first-order valence-corrected chi connectivity index (χ1v) is 15.2. The molecule has 0 aliphatic heterocycles. The second-order valence-corrected chi connectivity index (χ2v) is 12.8. The molecule has 0 bridgehead atoms. The van der Waals surface area contributed by atoms with Crippen molar-refractivity contribution >= 4 is 27.5 Å². The molecule has 0 radical (unpaired) electrons. The Labute approximate surface area is 247 Å². The molecule has 0 fully saturated rings. The second kappa shape index (κ2) is 13.7. The lowest BCUT2D eigenvalue weighted by Gasteiger charge is -2.35. The van der Waals surface area contributed by atoms with Crippen molar-refractivity contribution in [3.63, 3.8) is 0 Å². The molecule has 11 heteroatoms. The lowest BCUT2D eigenvalue weighted by Crippen LogP contribution is -2.56. The van der Waals surface area contributed by atoms with Crippen LogP contribution in [0.5, 0.6) is 11.5 Å². The van der Waals surface area contributed by atoms with E-state index in [1.54, 1.807) is 6.07 Å². The largest absolute Gasteiger partial charge is 0.497 e. The first-order valence-electron chi connectivity index (χ1n) is 13.3. The zero-order chi connectivity index (χ0) is 31.1. The fourth-order valence-electron chi connectivity index (χ4n) is 4.38. The number of nitrogens with one attached hydrogen (secondary N) is 1. The van der Waals surface area contributed by atoms with E-state index in [0.717, 1.165) is 16.1 Å². The summed E-state index contributed by atoms with van der Waals surface area (Å²) in [5.41, 5.74) is 0.903. The number of rotatable bonds is 12. The number of ether oxygens (including phenoxy) is 2. The molecule has 42 heavy (non-hydrogen) atoms. The minimum atomic E-state index is -4.00. The van der Waals surface area contributed by atoms with Crippen LogP contribution in [-0.4, -0.2) is 63.7 Å². The monoisotopic (exact) mass is 599 g/mol. The molecule has 9 nitrogen and oxygen atoms in total. The topological polar surface area (TPSA) is 105 Å². The zero-order valence-electron chi connectivity index (χ0n) is 24.8. The Kier molecular flexibility index (Phi) is 10.6. The van der Waals surface area contributed by atoms with Crippen molar-refractivity contribution < 1.29 is 31.9 Å². The summed E-state index contributed by atoms with van der Waals surface area (Å²) in [5.74, 6) is -0.862. The van der Waals surface area contributed by atoms with E-state index in [9.17, 15) is 22.4 Å². The highest BCUT2D eigenvalue weighted by Crippen LogP contribution is 2.34. The third-order valence-electron chi connectivity index (χ3n) is 6.37. The molecule has 0 saturated carbocycles. The van der Waals surface area contributed by atoms with Gasteiger partial charge in [-0.2, -0.15) is 0 Å². The van der Waals surface area contributed by atoms with Crippen LogP contribution in [0, 0.1) is 5.82 Å². The molecule has 0 spiro atoms. The maximum atomic E-state index is 14.2. The number of nitrogens with zero attached hydrogens (tertiary/aromatic N) is 2. The van der Waals surface area contributed by atoms with Crippen LogP contribution in [0.25, 0.3) is 0 Å². The van der Waals surface area contributed by atoms with Crippen molar-refractivity contribution in [1.82, 2.24) is 10.2 Å². The smallest absolute Gasteiger partial charge is 0.244 e. The summed E-state index contributed by atoms with van der Waals surface area (Å²) >= 11 is 0. The SMILES string of the molecule is COc1ccc(N(CC(=O)N(Cc2ccc(F)cc2)[C@@H](Cc2ccccc2)C(=O)NC(C)(C)C)S(C)(=O)=O)c(OC)c1. The van der Waals surface area contributed by atoms with Crippen molar-refractivity contribution in [2.24, 2.45) is 0 Å². The fourth-order valence-corrected chi connectivity index (χ4v) is 5.23. The molecule has 0 unspecified atom stereocenters. The van der Waals surface area contributed by atoms with Gasteiger partial charge in [-0.3, -0.25) is 13.9 Å². The molecule has 1 atom stereocenters. The summed E-state index contributed by atoms with van der Waals surface area (Å²) in [4.78, 5) is 29.3. The minimum absolute atomic E-state index is 0.0640. The Hall–Kier alpha value is -4.12. The molecule has 3 rings (SSSR count). The van der Waals surface area contributed by atoms with Crippen LogP contribution in [0.3, 0.4) is 0 Å². The van der Waals surface area contributed by atoms with E-state index >= 15 is 0 Å². The number of methoxy groups -OCH3 is 2. The Morgan fingerprint density at radius 2 is 1.57 bits per heavy atom. The van der Waals surface area contributed by atoms with E-state index in [1.807, 2.05) is 51.1 Å². The van der Waals surface area contributed by atoms with Crippen molar-refractivity contribution in [3.05, 3.63) is 89.7 Å². The van der Waals surface area contributed by atoms with Crippen molar-refractivity contribution in [2.75, 3.05) is 31.3 Å². The number of carbonyl (C=O) groups is 2. The third-order valence-corrected chi connectivity index (χ3v) is 7.50. The Balaban J connectivity index is 2.10. The van der Waals surface area contributed by atoms with Crippen LogP contribution in [0.2, 0.25) is 0 Å². The molecule has 0 aliphatic rings. The highest BCUT2D eigenvalue weighted by atomic mass is 32.2. The summed E-state index contributed by atoms with van der Waals surface area (Å²) in [6.45, 7) is 4.82. The zero-order valence-corrected chi connectivity index (χ0v) is 25.6. The van der Waals surface area contributed by atoms with Crippen LogP contribution >= 0.6 is 0 Å². The molecule has 0 heterocycles. The average molecular weight is 600 g/mol. The van der Waals surface area contributed by atoms with Gasteiger partial charge in [0.25, 0.3) is 0 Å². The van der Waals surface area contributed by atoms with Gasteiger partial charge in [0.1, 0.15) is 29.9 Å². The number of anilines is 1. The number of carbonyl (C=O) groups excluding carboxylic acids is 2. The Morgan fingerprint density at radius 3 is 2.12 bits per heavy atom. The Morgan fingerprint density at radius 1 is 0.929 bits per heavy atom. The maximum absolute atomic E-state index is 14.2. The van der Waals surface area contributed by atoms with Gasteiger partial charge < -0.3 is 19.7 Å². The molecule has 0 aromatic heterocycles. The van der Waals surface area contributed by atoms with Crippen molar-refractivity contribution in [1.29, 1.82) is 0 Å². The molecular weight excluding hydrogens is 561 g/mol. The van der Waals surface area contributed by atoms with E-state index in [-0.39, 0.29) is 24.4 Å². The van der Waals surface area contributed by atoms with Crippen LogP contribution < -0.4 is 19.1 Å². The highest BCUT2D eigenvalue weighted by Gasteiger charge is 2.35. The van der Waals surface area contributed by atoms with E-state index in [2.05, 4.69) is 5.32 Å². The van der Waals surface area contributed by atoms with Crippen molar-refractivity contribution in [3.8, 4) is 11.5 Å². The summed E-state index contributed by atoms with van der Waals surface area (Å²) < 4.78 is 51.4. The highest BCUT2D eigenvalue weighted by molar-refractivity contribution is 7.92. The van der Waals surface area contributed by atoms with E-state index in [4.69, 9.17) is 9.47 Å². The number of amides is 2. The predicted molar refractivity (Wildman–Crippen MR) is 161 cm³/mol. The molecule has 2 amide bonds. The summed E-state index contributed by atoms with van der Waals surface area (Å²) in [7, 11) is -1.15. The quantitative estimate of drug-likeness (QED) is 0.335. The molecule has 3 aromatic rings. The van der Waals surface area contributed by atoms with E-state index < -0.39 is 45.8 Å². The van der Waals surface area contributed by atoms with Crippen LogP contribution in [0.15, 0.2) is 72.8 Å². The van der Waals surface area contributed by atoms with E-state index in [1.165, 1.54) is 55.5 Å². The number of sulfonamides is 1. The van der Waals surface area contributed by atoms with Crippen molar-refractivity contribution in [2.45, 2.75) is 45.3 Å². The normalized spacial score (nSPS) is 12.3. The fraction of sp³-hybridized carbons (Fsp3) is 0.355. The summed E-state index contributed by atoms with van der Waals surface area (Å²) in [6, 6.07) is 18.4. The van der Waals surface area contributed by atoms with Gasteiger partial charge in [-0.15, -0.1) is 0 Å². The van der Waals surface area contributed by atoms with Gasteiger partial charge in [0.2, 0.25) is 21.8 Å². The number of benzene rings is 3. The van der Waals surface area contributed by atoms with Crippen LogP contribution in [-0.2, 0) is 32.6 Å². The van der Waals surface area contributed by atoms with Gasteiger partial charge in [-0.1, -0.05) is 42.5 Å². The molecule has 1 N–H and O–H groups in total. The van der Waals surface area contributed by atoms with Gasteiger partial charge in [0.05, 0.1) is 26.2 Å². The van der Waals surface area contributed by atoms with Crippen LogP contribution in [0.1, 0.15) is 31.9 Å². The molecule has 226 valence electrons. The molecule has 0 aliphatic carbocycles. The molecule has 3 aromatic carbocycles. The summed E-state index contributed by atoms with van der Waals surface area (Å²) in [5, 5.41) is 2.96. The average Bonchev–Trinajstić information content (AvgIpc) is 2.93. The van der Waals surface area contributed by atoms with Gasteiger partial charge in [0.15, 0.2) is 0 Å². The van der Waals surface area contributed by atoms with Crippen LogP contribution in [0.4, 0.5) is 10.1 Å². The minimum Gasteiger partial charge on any atom is -0.497 e. The molecule has 0 saturated heterocycles. The number of halogens is 1. The van der Waals surface area contributed by atoms with Gasteiger partial charge >= 0.3 is 0 Å². The first kappa shape index (κ1) is 32.4. The lowest BCUT2D eigenvalue weighted by molar-refractivity contribution is -0.140. The first-order chi connectivity index (χ1) is 19.7. The Bertz CT molecular complexity index is 1470. The van der Waals surface area contributed by atoms with Gasteiger partial charge in [0, 0.05) is 24.6 Å². The van der Waals surface area contributed by atoms with Gasteiger partial charge in [-0.05, 0) is 56.2 Å². The standard InChI is InChI=1S/C31H38FN3O6S/c1-31(2,3)33-30(37)27(18-22-10-8-7-9-11-22)34(20-23-12-14-24(32)15-13-23)29(36)21-35(42(6,38)39)26-17-16-25(40-4)19-28(26)41-5/h7-17,19,27H,18,20-21H2,1-6H3,(H,33,37)/t27-/m0/s1. The van der Waals surface area contributed by atoms with Gasteiger partial charge in [-0.25, -0.2) is 12.8 Å². The second-order valence-electron chi connectivity index (χ2n) is 10.9. The maximum Gasteiger partial charge on any atom is 0.244 e. The molecular formula is C31H38FN3O6S. The third kappa shape index (κ3) is 8.94. The number of hydrogen-bond donors (Lipinski definition) is 1.